The summed E-state index contributed by atoms with van der Waals surface area (Å²) >= 11 is 7.08. The summed E-state index contributed by atoms with van der Waals surface area (Å²) in [6, 6.07) is 6.80. The second-order valence-corrected chi connectivity index (χ2v) is 7.65. The highest BCUT2D eigenvalue weighted by Crippen LogP contribution is 2.34. The summed E-state index contributed by atoms with van der Waals surface area (Å²) in [5, 5.41) is 3.31. The molecule has 7 nitrogen and oxygen atoms in total. The molecule has 0 saturated carbocycles. The first-order valence-electron chi connectivity index (χ1n) is 9.60. The van der Waals surface area contributed by atoms with E-state index in [1.165, 1.54) is 0 Å². The molecule has 0 fully saturated rings. The summed E-state index contributed by atoms with van der Waals surface area (Å²) in [6.07, 6.45) is 0. The molecule has 30 heavy (non-hydrogen) atoms. The van der Waals surface area contributed by atoms with Crippen molar-refractivity contribution >= 4 is 45.7 Å². The third-order valence-electron chi connectivity index (χ3n) is 4.32. The molecule has 0 spiro atoms. The van der Waals surface area contributed by atoms with E-state index in [9.17, 15) is 14.4 Å². The minimum atomic E-state index is -0.591. The normalized spacial score (nSPS) is 10.4. The molecule has 1 N–H and O–H groups in total. The van der Waals surface area contributed by atoms with Crippen molar-refractivity contribution in [2.45, 2.75) is 27.7 Å². The molecule has 162 valence electrons. The zero-order chi connectivity index (χ0) is 22.3. The van der Waals surface area contributed by atoms with Crippen LogP contribution >= 0.6 is 22.9 Å². The van der Waals surface area contributed by atoms with Crippen LogP contribution in [0.3, 0.4) is 0 Å². The maximum Gasteiger partial charge on any atom is 0.341 e. The van der Waals surface area contributed by atoms with Crippen molar-refractivity contribution in [1.29, 1.82) is 0 Å². The van der Waals surface area contributed by atoms with Crippen LogP contribution in [0.25, 0.3) is 0 Å². The number of hydrogen-bond donors (Lipinski definition) is 1. The van der Waals surface area contributed by atoms with Crippen molar-refractivity contribution in [3.05, 3.63) is 45.3 Å². The molecule has 0 bridgehead atoms. The fourth-order valence-electron chi connectivity index (χ4n) is 2.78. The van der Waals surface area contributed by atoms with Gasteiger partial charge < -0.3 is 19.7 Å². The number of carbonyl (C=O) groups is 3. The van der Waals surface area contributed by atoms with Crippen LogP contribution in [0.1, 0.15) is 46.4 Å². The number of anilines is 1. The van der Waals surface area contributed by atoms with Gasteiger partial charge in [0, 0.05) is 13.1 Å². The first kappa shape index (κ1) is 23.7. The number of ether oxygens (including phenoxy) is 2. The Morgan fingerprint density at radius 3 is 2.40 bits per heavy atom. The van der Waals surface area contributed by atoms with E-state index in [2.05, 4.69) is 5.32 Å². The Kier molecular flexibility index (Phi) is 8.68. The Hall–Kier alpha value is -2.58. The molecule has 1 aromatic heterocycles. The van der Waals surface area contributed by atoms with Crippen LogP contribution in [0.15, 0.2) is 24.3 Å². The molecule has 9 heteroatoms. The van der Waals surface area contributed by atoms with Gasteiger partial charge in [0.2, 0.25) is 0 Å². The van der Waals surface area contributed by atoms with E-state index in [1.54, 1.807) is 43.0 Å². The number of benzene rings is 1. The minimum Gasteiger partial charge on any atom is -0.482 e. The van der Waals surface area contributed by atoms with Gasteiger partial charge in [0.1, 0.15) is 10.8 Å². The Morgan fingerprint density at radius 1 is 1.13 bits per heavy atom. The molecular formula is C21H25ClN2O5S. The number of esters is 1. The average molecular weight is 453 g/mol. The summed E-state index contributed by atoms with van der Waals surface area (Å²) < 4.78 is 10.6. The van der Waals surface area contributed by atoms with Gasteiger partial charge in [-0.1, -0.05) is 23.7 Å². The third kappa shape index (κ3) is 5.52. The summed E-state index contributed by atoms with van der Waals surface area (Å²) in [7, 11) is 0. The van der Waals surface area contributed by atoms with Crippen LogP contribution < -0.4 is 10.1 Å². The van der Waals surface area contributed by atoms with Crippen molar-refractivity contribution in [2.75, 3.05) is 31.6 Å². The number of rotatable bonds is 9. The molecule has 2 amide bonds. The van der Waals surface area contributed by atoms with Crippen molar-refractivity contribution in [1.82, 2.24) is 4.90 Å². The molecule has 1 aromatic carbocycles. The summed E-state index contributed by atoms with van der Waals surface area (Å²) in [4.78, 5) is 39.8. The smallest absolute Gasteiger partial charge is 0.341 e. The lowest BCUT2D eigenvalue weighted by Crippen LogP contribution is -2.30. The number of amides is 2. The zero-order valence-electron chi connectivity index (χ0n) is 17.4. The van der Waals surface area contributed by atoms with Crippen molar-refractivity contribution in [3.8, 4) is 5.75 Å². The number of hydrogen-bond acceptors (Lipinski definition) is 6. The summed E-state index contributed by atoms with van der Waals surface area (Å²) in [5.41, 5.74) is 0.668. The van der Waals surface area contributed by atoms with Gasteiger partial charge in [-0.25, -0.2) is 4.79 Å². The number of halogens is 1. The van der Waals surface area contributed by atoms with Crippen LogP contribution in [0.5, 0.6) is 5.75 Å². The van der Waals surface area contributed by atoms with E-state index in [4.69, 9.17) is 21.1 Å². The Labute approximate surface area is 184 Å². The fourth-order valence-corrected chi connectivity index (χ4v) is 4.15. The van der Waals surface area contributed by atoms with Crippen LogP contribution in [0.4, 0.5) is 5.00 Å². The molecule has 0 radical (unpaired) electrons. The lowest BCUT2D eigenvalue weighted by atomic mass is 10.1. The van der Waals surface area contributed by atoms with E-state index in [-0.39, 0.29) is 29.7 Å². The lowest BCUT2D eigenvalue weighted by Gasteiger charge is -2.18. The quantitative estimate of drug-likeness (QED) is 0.570. The Morgan fingerprint density at radius 2 is 1.80 bits per heavy atom. The number of nitrogens with one attached hydrogen (secondary N) is 1. The molecule has 1 heterocycles. The molecule has 0 atom stereocenters. The first-order chi connectivity index (χ1) is 14.3. The minimum absolute atomic E-state index is 0.177. The summed E-state index contributed by atoms with van der Waals surface area (Å²) in [6.45, 7) is 8.08. The highest BCUT2D eigenvalue weighted by Gasteiger charge is 2.28. The Balaban J connectivity index is 2.27. The Bertz CT molecular complexity index is 924. The summed E-state index contributed by atoms with van der Waals surface area (Å²) in [5.74, 6) is -0.892. The van der Waals surface area contributed by atoms with E-state index < -0.39 is 11.9 Å². The van der Waals surface area contributed by atoms with Crippen LogP contribution in [-0.2, 0) is 9.53 Å². The average Bonchev–Trinajstić information content (AvgIpc) is 3.04. The molecule has 0 aliphatic rings. The van der Waals surface area contributed by atoms with Gasteiger partial charge in [0.25, 0.3) is 11.8 Å². The van der Waals surface area contributed by atoms with E-state index in [1.807, 2.05) is 13.8 Å². The van der Waals surface area contributed by atoms with Gasteiger partial charge in [-0.05, 0) is 45.4 Å². The zero-order valence-corrected chi connectivity index (χ0v) is 19.0. The predicted octanol–water partition coefficient (Wildman–Crippen LogP) is 4.39. The van der Waals surface area contributed by atoms with Crippen LogP contribution in [-0.4, -0.2) is 49.0 Å². The number of para-hydroxylation sites is 1. The van der Waals surface area contributed by atoms with Crippen LogP contribution in [0, 0.1) is 6.92 Å². The van der Waals surface area contributed by atoms with Crippen LogP contribution in [0.2, 0.25) is 5.02 Å². The molecule has 0 aliphatic heterocycles. The van der Waals surface area contributed by atoms with Gasteiger partial charge in [0.15, 0.2) is 6.61 Å². The highest BCUT2D eigenvalue weighted by atomic mass is 35.5. The largest absolute Gasteiger partial charge is 0.482 e. The second-order valence-electron chi connectivity index (χ2n) is 6.23. The molecule has 2 rings (SSSR count). The number of carbonyl (C=O) groups excluding carboxylic acids is 3. The van der Waals surface area contributed by atoms with E-state index >= 15 is 0 Å². The van der Waals surface area contributed by atoms with Gasteiger partial charge in [-0.15, -0.1) is 11.3 Å². The van der Waals surface area contributed by atoms with Gasteiger partial charge in [0.05, 0.1) is 22.1 Å². The maximum atomic E-state index is 12.8. The molecule has 0 saturated heterocycles. The van der Waals surface area contributed by atoms with Gasteiger partial charge in [-0.2, -0.15) is 0 Å². The molecular weight excluding hydrogens is 428 g/mol. The molecule has 0 aliphatic carbocycles. The topological polar surface area (TPSA) is 84.9 Å². The fraction of sp³-hybridized carbons (Fsp3) is 0.381. The van der Waals surface area contributed by atoms with E-state index in [0.717, 1.165) is 11.3 Å². The SMILES string of the molecule is CCOC(=O)c1c(NC(=O)COc2ccccc2Cl)sc(C(=O)N(CC)CC)c1C. The standard InChI is InChI=1S/C21H25ClN2O5S/c1-5-24(6-2)20(26)18-13(4)17(21(27)28-7-3)19(30-18)23-16(25)12-29-15-11-9-8-10-14(15)22/h8-11H,5-7,12H2,1-4H3,(H,23,25). The number of nitrogens with zero attached hydrogens (tertiary/aromatic N) is 1. The maximum absolute atomic E-state index is 12.8. The third-order valence-corrected chi connectivity index (χ3v) is 5.83. The second kappa shape index (κ2) is 11.0. The van der Waals surface area contributed by atoms with Crippen molar-refractivity contribution < 1.29 is 23.9 Å². The first-order valence-corrected chi connectivity index (χ1v) is 10.8. The monoisotopic (exact) mass is 452 g/mol. The van der Waals surface area contributed by atoms with Gasteiger partial charge >= 0.3 is 5.97 Å². The molecule has 0 unspecified atom stereocenters. The van der Waals surface area contributed by atoms with Crippen molar-refractivity contribution in [2.24, 2.45) is 0 Å². The lowest BCUT2D eigenvalue weighted by molar-refractivity contribution is -0.118. The molecule has 2 aromatic rings. The van der Waals surface area contributed by atoms with Crippen molar-refractivity contribution in [3.63, 3.8) is 0 Å². The van der Waals surface area contributed by atoms with E-state index in [0.29, 0.717) is 34.3 Å². The number of thiophene rings is 1. The van der Waals surface area contributed by atoms with Gasteiger partial charge in [-0.3, -0.25) is 9.59 Å². The highest BCUT2D eigenvalue weighted by molar-refractivity contribution is 7.18. The predicted molar refractivity (Wildman–Crippen MR) is 118 cm³/mol.